The number of amides is 1. The molecule has 0 bridgehead atoms. The number of carbonyl (C=O) groups is 1. The number of nitrogens with one attached hydrogen (secondary N) is 1. The Bertz CT molecular complexity index is 826. The first-order valence-electron chi connectivity index (χ1n) is 7.09. The number of aromatic amines is 1. The van der Waals surface area contributed by atoms with E-state index in [0.717, 1.165) is 4.90 Å². The van der Waals surface area contributed by atoms with Crippen LogP contribution in [0.5, 0.6) is 0 Å². The van der Waals surface area contributed by atoms with Crippen molar-refractivity contribution < 1.29 is 23.4 Å². The molecule has 2 heterocycles. The third kappa shape index (κ3) is 2.16. The maximum absolute atomic E-state index is 13.3. The van der Waals surface area contributed by atoms with E-state index in [4.69, 9.17) is 0 Å². The number of likely N-dealkylation sites (tertiary alicyclic amines) is 1. The molecule has 1 saturated heterocycles. The topological polar surface area (TPSA) is 149 Å². The molecule has 11 heteroatoms. The lowest BCUT2D eigenvalue weighted by atomic mass is 9.99. The molecule has 3 N–H and O–H groups in total. The monoisotopic (exact) mass is 353 g/mol. The van der Waals surface area contributed by atoms with Crippen molar-refractivity contribution in [3.63, 3.8) is 0 Å². The summed E-state index contributed by atoms with van der Waals surface area (Å²) in [7, 11) is -4.25. The molecule has 1 aliphatic heterocycles. The summed E-state index contributed by atoms with van der Waals surface area (Å²) >= 11 is 0. The van der Waals surface area contributed by atoms with Gasteiger partial charge in [0.15, 0.2) is 10.7 Å². The quantitative estimate of drug-likeness (QED) is 0.685. The number of tetrazole rings is 1. The van der Waals surface area contributed by atoms with Crippen LogP contribution in [0.1, 0.15) is 18.2 Å². The molecule has 1 aliphatic rings. The minimum atomic E-state index is -4.25. The molecular formula is C13H15N5O5S. The highest BCUT2D eigenvalue weighted by atomic mass is 32.2. The van der Waals surface area contributed by atoms with Crippen LogP contribution in [-0.4, -0.2) is 68.3 Å². The van der Waals surface area contributed by atoms with Crippen molar-refractivity contribution in [1.29, 1.82) is 0 Å². The smallest absolute Gasteiger partial charge is 0.408 e. The van der Waals surface area contributed by atoms with Crippen molar-refractivity contribution >= 4 is 15.9 Å². The maximum Gasteiger partial charge on any atom is 0.408 e. The molecule has 0 aliphatic carbocycles. The van der Waals surface area contributed by atoms with Crippen molar-refractivity contribution in [2.45, 2.75) is 22.1 Å². The minimum absolute atomic E-state index is 0.0484. The first kappa shape index (κ1) is 16.3. The van der Waals surface area contributed by atoms with Gasteiger partial charge >= 0.3 is 6.09 Å². The number of sulfone groups is 1. The van der Waals surface area contributed by atoms with Crippen LogP contribution < -0.4 is 0 Å². The maximum atomic E-state index is 13.3. The van der Waals surface area contributed by atoms with Gasteiger partial charge in [-0.15, -0.1) is 10.2 Å². The van der Waals surface area contributed by atoms with Crippen molar-refractivity contribution in [3.05, 3.63) is 36.2 Å². The zero-order valence-electron chi connectivity index (χ0n) is 12.4. The van der Waals surface area contributed by atoms with Crippen LogP contribution in [0.25, 0.3) is 0 Å². The predicted octanol–water partition coefficient (Wildman–Crippen LogP) is -0.170. The van der Waals surface area contributed by atoms with E-state index >= 15 is 0 Å². The van der Waals surface area contributed by atoms with Crippen LogP contribution >= 0.6 is 0 Å². The van der Waals surface area contributed by atoms with Gasteiger partial charge in [-0.3, -0.25) is 4.90 Å². The highest BCUT2D eigenvalue weighted by molar-refractivity contribution is 7.93. The Labute approximate surface area is 137 Å². The Morgan fingerprint density at radius 2 is 2.08 bits per heavy atom. The number of nitrogens with zero attached hydrogens (tertiary/aromatic N) is 4. The molecule has 2 atom stereocenters. The van der Waals surface area contributed by atoms with Gasteiger partial charge in [0, 0.05) is 6.54 Å². The minimum Gasteiger partial charge on any atom is -0.465 e. The normalized spacial score (nSPS) is 24.2. The number of hydrogen-bond acceptors (Lipinski definition) is 7. The Morgan fingerprint density at radius 3 is 2.62 bits per heavy atom. The SMILES string of the molecule is O=C(O)N1CCC(c2nn[nH]n2)C1(CO)S(=O)(=O)c1ccccc1. The van der Waals surface area contributed by atoms with Gasteiger partial charge in [-0.25, -0.2) is 13.2 Å². The molecule has 0 radical (unpaired) electrons. The lowest BCUT2D eigenvalue weighted by Gasteiger charge is -2.37. The van der Waals surface area contributed by atoms with E-state index in [1.165, 1.54) is 24.3 Å². The Balaban J connectivity index is 2.23. The summed E-state index contributed by atoms with van der Waals surface area (Å²) < 4.78 is 26.5. The largest absolute Gasteiger partial charge is 0.465 e. The van der Waals surface area contributed by atoms with E-state index < -0.39 is 33.3 Å². The number of carboxylic acid groups (broad SMARTS) is 1. The van der Waals surface area contributed by atoms with Crippen LogP contribution in [0.3, 0.4) is 0 Å². The summed E-state index contributed by atoms with van der Waals surface area (Å²) in [5, 5.41) is 32.8. The average Bonchev–Trinajstić information content (AvgIpc) is 3.23. The van der Waals surface area contributed by atoms with Gasteiger partial charge in [0.05, 0.1) is 17.4 Å². The third-order valence-electron chi connectivity index (χ3n) is 4.29. The number of aliphatic hydroxyl groups excluding tert-OH is 1. The second kappa shape index (κ2) is 5.83. The predicted molar refractivity (Wildman–Crippen MR) is 79.7 cm³/mol. The Kier molecular flexibility index (Phi) is 3.97. The fourth-order valence-corrected chi connectivity index (χ4v) is 5.33. The number of aliphatic hydroxyl groups is 1. The van der Waals surface area contributed by atoms with Crippen LogP contribution in [0, 0.1) is 0 Å². The zero-order chi connectivity index (χ0) is 17.4. The summed E-state index contributed by atoms with van der Waals surface area (Å²) in [6.45, 7) is -0.989. The molecule has 1 aromatic carbocycles. The van der Waals surface area contributed by atoms with E-state index in [1.807, 2.05) is 0 Å². The molecule has 1 fully saturated rings. The van der Waals surface area contributed by atoms with Gasteiger partial charge in [-0.2, -0.15) is 5.21 Å². The van der Waals surface area contributed by atoms with Crippen LogP contribution in [-0.2, 0) is 9.84 Å². The van der Waals surface area contributed by atoms with E-state index in [1.54, 1.807) is 6.07 Å². The van der Waals surface area contributed by atoms with E-state index in [2.05, 4.69) is 20.6 Å². The summed E-state index contributed by atoms with van der Waals surface area (Å²) in [6.07, 6.45) is -1.28. The molecular weight excluding hydrogens is 338 g/mol. The molecule has 0 spiro atoms. The lowest BCUT2D eigenvalue weighted by Crippen LogP contribution is -2.58. The number of rotatable bonds is 4. The standard InChI is InChI=1S/C13H15N5O5S/c19-8-13(24(22,23)9-4-2-1-3-5-9)10(11-14-16-17-15-11)6-7-18(13)12(20)21/h1-5,10,19H,6-8H2,(H,20,21)(H,14,15,16,17). The Morgan fingerprint density at radius 1 is 1.38 bits per heavy atom. The number of hydrogen-bond donors (Lipinski definition) is 3. The number of aromatic nitrogens is 4. The van der Waals surface area contributed by atoms with Crippen molar-refractivity contribution in [1.82, 2.24) is 25.5 Å². The van der Waals surface area contributed by atoms with E-state index in [0.29, 0.717) is 0 Å². The fraction of sp³-hybridized carbons (Fsp3) is 0.385. The average molecular weight is 353 g/mol. The van der Waals surface area contributed by atoms with E-state index in [-0.39, 0.29) is 23.7 Å². The first-order valence-corrected chi connectivity index (χ1v) is 8.58. The first-order chi connectivity index (χ1) is 11.4. The molecule has 2 aromatic rings. The van der Waals surface area contributed by atoms with Gasteiger partial charge < -0.3 is 10.2 Å². The fourth-order valence-electron chi connectivity index (χ4n) is 3.18. The molecule has 2 unspecified atom stereocenters. The summed E-state index contributed by atoms with van der Waals surface area (Å²) in [5.41, 5.74) is 0. The molecule has 128 valence electrons. The highest BCUT2D eigenvalue weighted by Gasteiger charge is 2.62. The molecule has 3 rings (SSSR count). The van der Waals surface area contributed by atoms with Crippen molar-refractivity contribution in [2.24, 2.45) is 0 Å². The highest BCUT2D eigenvalue weighted by Crippen LogP contribution is 2.46. The number of benzene rings is 1. The summed E-state index contributed by atoms with van der Waals surface area (Å²) in [5.74, 6) is -0.894. The molecule has 10 nitrogen and oxygen atoms in total. The lowest BCUT2D eigenvalue weighted by molar-refractivity contribution is 0.0940. The summed E-state index contributed by atoms with van der Waals surface area (Å²) in [6, 6.07) is 7.42. The van der Waals surface area contributed by atoms with Gasteiger partial charge in [0.1, 0.15) is 0 Å². The van der Waals surface area contributed by atoms with E-state index in [9.17, 15) is 23.4 Å². The van der Waals surface area contributed by atoms with Crippen molar-refractivity contribution in [3.8, 4) is 0 Å². The summed E-state index contributed by atoms with van der Waals surface area (Å²) in [4.78, 5) is 10.2. The molecule has 24 heavy (non-hydrogen) atoms. The molecule has 0 saturated carbocycles. The van der Waals surface area contributed by atoms with Gasteiger partial charge in [0.2, 0.25) is 9.84 Å². The van der Waals surface area contributed by atoms with Crippen LogP contribution in [0.15, 0.2) is 35.2 Å². The van der Waals surface area contributed by atoms with Gasteiger partial charge in [-0.05, 0) is 18.6 Å². The second-order valence-corrected chi connectivity index (χ2v) is 7.55. The second-order valence-electron chi connectivity index (χ2n) is 5.36. The third-order valence-corrected chi connectivity index (χ3v) is 6.75. The molecule has 1 amide bonds. The van der Waals surface area contributed by atoms with Gasteiger partial charge in [0.25, 0.3) is 0 Å². The Hall–Kier alpha value is -2.53. The number of H-pyrrole nitrogens is 1. The zero-order valence-corrected chi connectivity index (χ0v) is 13.2. The van der Waals surface area contributed by atoms with Gasteiger partial charge in [-0.1, -0.05) is 23.4 Å². The molecule has 1 aromatic heterocycles. The van der Waals surface area contributed by atoms with Crippen LogP contribution in [0.2, 0.25) is 0 Å². The van der Waals surface area contributed by atoms with Crippen molar-refractivity contribution in [2.75, 3.05) is 13.2 Å². The van der Waals surface area contributed by atoms with Crippen LogP contribution in [0.4, 0.5) is 4.79 Å².